The Labute approximate surface area is 266 Å². The minimum absolute atomic E-state index is 0.00318. The summed E-state index contributed by atoms with van der Waals surface area (Å²) in [4.78, 5) is 22.2. The zero-order valence-electron chi connectivity index (χ0n) is 28.6. The van der Waals surface area contributed by atoms with Gasteiger partial charge in [-0.1, -0.05) is 67.8 Å². The molecule has 0 aromatic heterocycles. The Morgan fingerprint density at radius 1 is 1.09 bits per heavy atom. The van der Waals surface area contributed by atoms with Crippen LogP contribution in [0.1, 0.15) is 125 Å². The molecule has 1 heterocycles. The van der Waals surface area contributed by atoms with Gasteiger partial charge < -0.3 is 19.3 Å². The topological polar surface area (TPSA) is 107 Å². The Hall–Kier alpha value is -1.48. The summed E-state index contributed by atoms with van der Waals surface area (Å²) in [7, 11) is 1.70. The fourth-order valence-corrected chi connectivity index (χ4v) is 9.06. The van der Waals surface area contributed by atoms with E-state index in [-0.39, 0.29) is 30.3 Å². The van der Waals surface area contributed by atoms with Gasteiger partial charge in [-0.15, -0.1) is 0 Å². The molecule has 8 heteroatoms. The third-order valence-electron chi connectivity index (χ3n) is 12.3. The number of methoxy groups -OCH3 is 1. The molecule has 0 amide bonds. The van der Waals surface area contributed by atoms with Crippen LogP contribution in [0.25, 0.3) is 0 Å². The van der Waals surface area contributed by atoms with E-state index in [1.807, 2.05) is 13.8 Å². The van der Waals surface area contributed by atoms with Crippen molar-refractivity contribution in [1.82, 2.24) is 0 Å². The van der Waals surface area contributed by atoms with Gasteiger partial charge in [0.25, 0.3) is 0 Å². The Balaban J connectivity index is 1.38. The molecule has 4 aliphatic rings. The SMILES string of the molecule is CO[C@H](CCC[C@H]1CCC(C)[C@]1(C)CCC1=CCCC=C2C1CC[C@H](O[C@H]1C[C@@H](O)C[C@@H](CN=O)O1)C2(C)C)C(C)(C)N=O. The molecule has 0 bridgehead atoms. The van der Waals surface area contributed by atoms with Gasteiger partial charge in [-0.2, -0.15) is 9.81 Å². The van der Waals surface area contributed by atoms with Gasteiger partial charge in [0.05, 0.1) is 24.4 Å². The minimum atomic E-state index is -0.697. The highest BCUT2D eigenvalue weighted by Crippen LogP contribution is 2.55. The fraction of sp³-hybridized carbons (Fsp3) is 0.889. The molecule has 0 aromatic rings. The summed E-state index contributed by atoms with van der Waals surface area (Å²) in [5, 5.41) is 16.7. The van der Waals surface area contributed by atoms with Gasteiger partial charge >= 0.3 is 0 Å². The van der Waals surface area contributed by atoms with Crippen LogP contribution < -0.4 is 0 Å². The largest absolute Gasteiger partial charge is 0.393 e. The number of ether oxygens (including phenoxy) is 3. The second kappa shape index (κ2) is 15.0. The molecule has 250 valence electrons. The van der Waals surface area contributed by atoms with Gasteiger partial charge in [-0.25, -0.2) is 0 Å². The van der Waals surface area contributed by atoms with Crippen LogP contribution >= 0.6 is 0 Å². The third kappa shape index (κ3) is 7.90. The fourth-order valence-electron chi connectivity index (χ4n) is 9.06. The molecule has 0 aromatic carbocycles. The first-order valence-corrected chi connectivity index (χ1v) is 17.4. The maximum absolute atomic E-state index is 11.4. The van der Waals surface area contributed by atoms with Gasteiger partial charge in [0.15, 0.2) is 6.29 Å². The maximum Gasteiger partial charge on any atom is 0.160 e. The van der Waals surface area contributed by atoms with Gasteiger partial charge in [0.1, 0.15) is 12.1 Å². The average Bonchev–Trinajstić information content (AvgIpc) is 3.11. The van der Waals surface area contributed by atoms with Crippen molar-refractivity contribution in [3.05, 3.63) is 33.1 Å². The number of allylic oxidation sites excluding steroid dienone is 3. The van der Waals surface area contributed by atoms with Crippen molar-refractivity contribution < 1.29 is 19.3 Å². The number of nitroso groups, excluding NO2 is 2. The van der Waals surface area contributed by atoms with Crippen LogP contribution in [-0.2, 0) is 14.2 Å². The van der Waals surface area contributed by atoms with Crippen LogP contribution in [0, 0.1) is 38.4 Å². The molecule has 1 saturated heterocycles. The van der Waals surface area contributed by atoms with E-state index in [4.69, 9.17) is 14.2 Å². The zero-order valence-corrected chi connectivity index (χ0v) is 28.6. The summed E-state index contributed by atoms with van der Waals surface area (Å²) >= 11 is 0. The summed E-state index contributed by atoms with van der Waals surface area (Å²) in [6.07, 6.45) is 16.5. The molecule has 3 fully saturated rings. The van der Waals surface area contributed by atoms with Crippen molar-refractivity contribution in [1.29, 1.82) is 0 Å². The summed E-state index contributed by atoms with van der Waals surface area (Å²) in [6.45, 7) is 13.4. The van der Waals surface area contributed by atoms with E-state index in [1.165, 1.54) is 31.3 Å². The summed E-state index contributed by atoms with van der Waals surface area (Å²) in [5.74, 6) is 1.84. The van der Waals surface area contributed by atoms with Crippen LogP contribution in [0.2, 0.25) is 0 Å². The smallest absolute Gasteiger partial charge is 0.160 e. The average molecular weight is 617 g/mol. The van der Waals surface area contributed by atoms with E-state index in [9.17, 15) is 14.9 Å². The lowest BCUT2D eigenvalue weighted by molar-refractivity contribution is -0.246. The number of nitrogens with zero attached hydrogens (tertiary/aromatic N) is 2. The van der Waals surface area contributed by atoms with Crippen molar-refractivity contribution in [2.75, 3.05) is 13.7 Å². The zero-order chi connectivity index (χ0) is 32.1. The molecule has 8 nitrogen and oxygen atoms in total. The molecule has 44 heavy (non-hydrogen) atoms. The first-order valence-electron chi connectivity index (χ1n) is 17.4. The molecule has 2 saturated carbocycles. The highest BCUT2D eigenvalue weighted by molar-refractivity contribution is 5.32. The van der Waals surface area contributed by atoms with E-state index in [0.29, 0.717) is 36.0 Å². The normalized spacial score (nSPS) is 36.5. The third-order valence-corrected chi connectivity index (χ3v) is 12.3. The number of hydrogen-bond donors (Lipinski definition) is 1. The molecule has 3 aliphatic carbocycles. The lowest BCUT2D eigenvalue weighted by atomic mass is 9.62. The Morgan fingerprint density at radius 2 is 1.84 bits per heavy atom. The van der Waals surface area contributed by atoms with Crippen molar-refractivity contribution >= 4 is 0 Å². The van der Waals surface area contributed by atoms with E-state index in [1.54, 1.807) is 12.7 Å². The van der Waals surface area contributed by atoms with Crippen molar-refractivity contribution in [2.45, 2.75) is 161 Å². The highest BCUT2D eigenvalue weighted by Gasteiger charge is 2.47. The Morgan fingerprint density at radius 3 is 2.55 bits per heavy atom. The van der Waals surface area contributed by atoms with E-state index < -0.39 is 17.9 Å². The monoisotopic (exact) mass is 616 g/mol. The van der Waals surface area contributed by atoms with Gasteiger partial charge in [0.2, 0.25) is 0 Å². The number of hydrogen-bond acceptors (Lipinski definition) is 8. The molecule has 2 unspecified atom stereocenters. The number of fused-ring (bicyclic) bond motifs is 1. The van der Waals surface area contributed by atoms with Crippen LogP contribution in [0.3, 0.4) is 0 Å². The van der Waals surface area contributed by atoms with Gasteiger partial charge in [0, 0.05) is 31.3 Å². The van der Waals surface area contributed by atoms with E-state index >= 15 is 0 Å². The predicted octanol–water partition coefficient (Wildman–Crippen LogP) is 8.65. The van der Waals surface area contributed by atoms with Crippen LogP contribution in [0.5, 0.6) is 0 Å². The second-order valence-corrected chi connectivity index (χ2v) is 15.7. The Kier molecular flexibility index (Phi) is 12.0. The molecular formula is C36H60N2O6. The Bertz CT molecular complexity index is 1040. The van der Waals surface area contributed by atoms with Crippen LogP contribution in [0.4, 0.5) is 0 Å². The molecule has 9 atom stereocenters. The molecule has 4 rings (SSSR count). The second-order valence-electron chi connectivity index (χ2n) is 15.7. The highest BCUT2D eigenvalue weighted by atomic mass is 16.7. The number of rotatable bonds is 14. The summed E-state index contributed by atoms with van der Waals surface area (Å²) in [6, 6.07) is 0. The first kappa shape index (κ1) is 35.4. The number of aliphatic hydroxyl groups excluding tert-OH is 1. The minimum Gasteiger partial charge on any atom is -0.393 e. The maximum atomic E-state index is 11.4. The van der Waals surface area contributed by atoms with E-state index in [0.717, 1.165) is 44.9 Å². The van der Waals surface area contributed by atoms with Gasteiger partial charge in [-0.3, -0.25) is 0 Å². The van der Waals surface area contributed by atoms with Crippen LogP contribution in [0.15, 0.2) is 33.7 Å². The first-order chi connectivity index (χ1) is 20.8. The predicted molar refractivity (Wildman–Crippen MR) is 175 cm³/mol. The molecule has 0 radical (unpaired) electrons. The molecule has 1 N–H and O–H groups in total. The van der Waals surface area contributed by atoms with Crippen molar-refractivity contribution in [3.8, 4) is 0 Å². The quantitative estimate of drug-likeness (QED) is 0.155. The lowest BCUT2D eigenvalue weighted by Crippen LogP contribution is -2.46. The van der Waals surface area contributed by atoms with Crippen molar-refractivity contribution in [3.63, 3.8) is 0 Å². The van der Waals surface area contributed by atoms with Crippen molar-refractivity contribution in [2.24, 2.45) is 38.9 Å². The standard InChI is InChI=1S/C36H60N2O6/c1-24-15-16-26(12-10-14-32(42-7)35(4,5)38-41)36(24,6)20-19-25-11-8-9-13-30-29(25)17-18-31(34(30,2)3)44-33-22-27(39)21-28(43-33)23-37-40/h11,13,24,26-29,31-33,39H,8-10,12,14-23H2,1-7H3/t24?,26-,27-,28-,29?,31-,32+,33-,36-/m0/s1. The molecular weight excluding hydrogens is 556 g/mol. The van der Waals surface area contributed by atoms with Crippen LogP contribution in [-0.4, -0.2) is 55.0 Å². The lowest BCUT2D eigenvalue weighted by Gasteiger charge is -2.47. The summed E-state index contributed by atoms with van der Waals surface area (Å²) in [5.41, 5.74) is 2.57. The number of aliphatic hydroxyl groups is 1. The molecule has 0 spiro atoms. The summed E-state index contributed by atoms with van der Waals surface area (Å²) < 4.78 is 18.3. The van der Waals surface area contributed by atoms with Gasteiger partial charge in [-0.05, 0) is 95.3 Å². The molecule has 1 aliphatic heterocycles. The van der Waals surface area contributed by atoms with E-state index in [2.05, 4.69) is 50.2 Å².